The average molecular weight is 276 g/mol. The maximum atomic E-state index is 11.8. The van der Waals surface area contributed by atoms with Crippen molar-refractivity contribution < 1.29 is 4.79 Å². The molecule has 0 bridgehead atoms. The Labute approximate surface area is 115 Å². The maximum absolute atomic E-state index is 11.8. The van der Waals surface area contributed by atoms with Gasteiger partial charge in [-0.15, -0.1) is 5.10 Å². The predicted octanol–water partition coefficient (Wildman–Crippen LogP) is -0.261. The van der Waals surface area contributed by atoms with Crippen LogP contribution in [-0.2, 0) is 11.3 Å². The van der Waals surface area contributed by atoms with Gasteiger partial charge in [0.1, 0.15) is 19.2 Å². The van der Waals surface area contributed by atoms with Crippen LogP contribution in [-0.4, -0.2) is 36.5 Å². The summed E-state index contributed by atoms with van der Waals surface area (Å²) in [7, 11) is 0. The highest BCUT2D eigenvalue weighted by molar-refractivity contribution is 5.75. The smallest absolute Gasteiger partial charge is 0.267 e. The zero-order chi connectivity index (χ0) is 14.5. The minimum atomic E-state index is -0.340. The number of nitrogens with zero attached hydrogens (tertiary/aromatic N) is 5. The Balaban J connectivity index is 2.17. The van der Waals surface area contributed by atoms with Crippen LogP contribution in [0.1, 0.15) is 20.3 Å². The molecule has 0 spiro atoms. The fourth-order valence-electron chi connectivity index (χ4n) is 1.56. The summed E-state index contributed by atoms with van der Waals surface area (Å²) < 4.78 is 2.53. The molecule has 106 valence electrons. The van der Waals surface area contributed by atoms with Crippen LogP contribution >= 0.6 is 0 Å². The molecule has 0 aliphatic heterocycles. The topological polar surface area (TPSA) is 94.7 Å². The molecule has 2 heterocycles. The molecule has 2 aromatic rings. The second-order valence-electron chi connectivity index (χ2n) is 4.40. The van der Waals surface area contributed by atoms with E-state index in [4.69, 9.17) is 0 Å². The highest BCUT2D eigenvalue weighted by Gasteiger charge is 2.09. The van der Waals surface area contributed by atoms with Gasteiger partial charge in [-0.05, 0) is 19.4 Å². The van der Waals surface area contributed by atoms with E-state index >= 15 is 0 Å². The van der Waals surface area contributed by atoms with Crippen molar-refractivity contribution in [2.24, 2.45) is 0 Å². The number of carbonyl (C=O) groups excluding carboxylic acids is 1. The third-order valence-corrected chi connectivity index (χ3v) is 2.82. The summed E-state index contributed by atoms with van der Waals surface area (Å²) in [4.78, 5) is 27.3. The summed E-state index contributed by atoms with van der Waals surface area (Å²) in [5, 5.41) is 10.8. The fourth-order valence-corrected chi connectivity index (χ4v) is 1.56. The Morgan fingerprint density at radius 1 is 1.45 bits per heavy atom. The summed E-state index contributed by atoms with van der Waals surface area (Å²) in [6, 6.07) is 2.94. The van der Waals surface area contributed by atoms with Gasteiger partial charge in [0, 0.05) is 12.1 Å². The van der Waals surface area contributed by atoms with Gasteiger partial charge in [-0.3, -0.25) is 9.59 Å². The number of nitrogens with one attached hydrogen (secondary N) is 1. The van der Waals surface area contributed by atoms with Crippen molar-refractivity contribution in [2.45, 2.75) is 32.9 Å². The van der Waals surface area contributed by atoms with Crippen LogP contribution in [0, 0.1) is 0 Å². The highest BCUT2D eigenvalue weighted by atomic mass is 16.2. The number of amides is 1. The Morgan fingerprint density at radius 3 is 2.90 bits per heavy atom. The van der Waals surface area contributed by atoms with Gasteiger partial charge in [-0.2, -0.15) is 5.10 Å². The molecule has 0 fully saturated rings. The van der Waals surface area contributed by atoms with Crippen molar-refractivity contribution in [1.29, 1.82) is 0 Å². The number of hydrogen-bond acceptors (Lipinski definition) is 5. The molecule has 8 heteroatoms. The van der Waals surface area contributed by atoms with Gasteiger partial charge < -0.3 is 5.32 Å². The van der Waals surface area contributed by atoms with E-state index in [2.05, 4.69) is 20.5 Å². The van der Waals surface area contributed by atoms with Crippen molar-refractivity contribution in [3.8, 4) is 5.82 Å². The van der Waals surface area contributed by atoms with Gasteiger partial charge in [-0.25, -0.2) is 14.3 Å². The van der Waals surface area contributed by atoms with Gasteiger partial charge in [0.2, 0.25) is 5.91 Å². The first-order valence-corrected chi connectivity index (χ1v) is 6.32. The third kappa shape index (κ3) is 3.28. The molecule has 0 unspecified atom stereocenters. The molecular formula is C12H16N6O2. The maximum Gasteiger partial charge on any atom is 0.267 e. The van der Waals surface area contributed by atoms with Crippen LogP contribution in [0.3, 0.4) is 0 Å². The van der Waals surface area contributed by atoms with Gasteiger partial charge in [0.05, 0.1) is 0 Å². The molecule has 8 nitrogen and oxygen atoms in total. The largest absolute Gasteiger partial charge is 0.352 e. The van der Waals surface area contributed by atoms with Gasteiger partial charge >= 0.3 is 0 Å². The number of rotatable bonds is 5. The predicted molar refractivity (Wildman–Crippen MR) is 71.3 cm³/mol. The van der Waals surface area contributed by atoms with Gasteiger partial charge in [0.25, 0.3) is 5.56 Å². The molecule has 0 radical (unpaired) electrons. The SMILES string of the molecule is CC[C@H](C)NC(=O)Cn1nc(-n2cncn2)ccc1=O. The summed E-state index contributed by atoms with van der Waals surface area (Å²) in [6.45, 7) is 3.76. The zero-order valence-electron chi connectivity index (χ0n) is 11.4. The molecule has 0 saturated carbocycles. The first-order valence-electron chi connectivity index (χ1n) is 6.32. The first kappa shape index (κ1) is 13.9. The molecule has 0 aliphatic carbocycles. The zero-order valence-corrected chi connectivity index (χ0v) is 11.4. The van der Waals surface area contributed by atoms with Crippen molar-refractivity contribution >= 4 is 5.91 Å². The van der Waals surface area contributed by atoms with E-state index in [1.54, 1.807) is 0 Å². The molecule has 1 N–H and O–H groups in total. The molecule has 0 saturated heterocycles. The van der Waals surface area contributed by atoms with Crippen molar-refractivity contribution in [2.75, 3.05) is 0 Å². The minimum absolute atomic E-state index is 0.0664. The van der Waals surface area contributed by atoms with E-state index in [0.29, 0.717) is 5.82 Å². The van der Waals surface area contributed by atoms with Gasteiger partial charge in [0.15, 0.2) is 5.82 Å². The summed E-state index contributed by atoms with van der Waals surface area (Å²) in [5.74, 6) is 0.183. The third-order valence-electron chi connectivity index (χ3n) is 2.82. The lowest BCUT2D eigenvalue weighted by molar-refractivity contribution is -0.122. The van der Waals surface area contributed by atoms with Crippen LogP contribution in [0.5, 0.6) is 0 Å². The molecular weight excluding hydrogens is 260 g/mol. The summed E-state index contributed by atoms with van der Waals surface area (Å²) in [5.41, 5.74) is -0.340. The molecule has 2 aromatic heterocycles. The second kappa shape index (κ2) is 6.09. The first-order chi connectivity index (χ1) is 9.60. The second-order valence-corrected chi connectivity index (χ2v) is 4.40. The lowest BCUT2D eigenvalue weighted by Gasteiger charge is -2.12. The van der Waals surface area contributed by atoms with Gasteiger partial charge in [-0.1, -0.05) is 6.92 Å². The van der Waals surface area contributed by atoms with Crippen molar-refractivity contribution in [3.05, 3.63) is 35.1 Å². The van der Waals surface area contributed by atoms with E-state index in [1.165, 1.54) is 29.5 Å². The highest BCUT2D eigenvalue weighted by Crippen LogP contribution is 1.97. The van der Waals surface area contributed by atoms with E-state index < -0.39 is 0 Å². The summed E-state index contributed by atoms with van der Waals surface area (Å²) >= 11 is 0. The van der Waals surface area contributed by atoms with E-state index in [9.17, 15) is 9.59 Å². The molecule has 20 heavy (non-hydrogen) atoms. The summed E-state index contributed by atoms with van der Waals surface area (Å²) in [6.07, 6.45) is 3.66. The van der Waals surface area contributed by atoms with Crippen LogP contribution in [0.15, 0.2) is 29.6 Å². The molecule has 2 rings (SSSR count). The normalized spacial score (nSPS) is 12.1. The molecule has 1 amide bonds. The number of hydrogen-bond donors (Lipinski definition) is 1. The van der Waals surface area contributed by atoms with Crippen LogP contribution in [0.4, 0.5) is 0 Å². The van der Waals surface area contributed by atoms with E-state index in [1.807, 2.05) is 13.8 Å². The van der Waals surface area contributed by atoms with E-state index in [-0.39, 0.29) is 24.1 Å². The lowest BCUT2D eigenvalue weighted by atomic mass is 10.2. The number of aromatic nitrogens is 5. The molecule has 1 atom stereocenters. The molecule has 0 aromatic carbocycles. The Bertz CT molecular complexity index is 634. The quantitative estimate of drug-likeness (QED) is 0.811. The van der Waals surface area contributed by atoms with Crippen LogP contribution < -0.4 is 10.9 Å². The standard InChI is InChI=1S/C12H16N6O2/c1-3-9(2)15-11(19)6-17-12(20)5-4-10(16-17)18-8-13-7-14-18/h4-5,7-9H,3,6H2,1-2H3,(H,15,19)/t9-/m0/s1. The van der Waals surface area contributed by atoms with E-state index in [0.717, 1.165) is 11.1 Å². The van der Waals surface area contributed by atoms with Crippen LogP contribution in [0.2, 0.25) is 0 Å². The Hall–Kier alpha value is -2.51. The fraction of sp³-hybridized carbons (Fsp3) is 0.417. The monoisotopic (exact) mass is 276 g/mol. The lowest BCUT2D eigenvalue weighted by Crippen LogP contribution is -2.38. The average Bonchev–Trinajstić information content (AvgIpc) is 2.95. The number of carbonyl (C=O) groups is 1. The van der Waals surface area contributed by atoms with Crippen molar-refractivity contribution in [3.63, 3.8) is 0 Å². The Kier molecular flexibility index (Phi) is 4.24. The minimum Gasteiger partial charge on any atom is -0.352 e. The molecule has 0 aliphatic rings. The van der Waals surface area contributed by atoms with Crippen LogP contribution in [0.25, 0.3) is 5.82 Å². The van der Waals surface area contributed by atoms with Crippen molar-refractivity contribution in [1.82, 2.24) is 29.9 Å². The Morgan fingerprint density at radius 2 is 2.25 bits per heavy atom.